The van der Waals surface area contributed by atoms with E-state index in [-0.39, 0.29) is 17.5 Å². The molecule has 1 heterocycles. The molecule has 1 unspecified atom stereocenters. The lowest BCUT2D eigenvalue weighted by atomic mass is 9.53. The highest BCUT2D eigenvalue weighted by Crippen LogP contribution is 2.55. The van der Waals surface area contributed by atoms with E-state index in [1.54, 1.807) is 28.6 Å². The van der Waals surface area contributed by atoms with Gasteiger partial charge in [-0.2, -0.15) is 4.31 Å². The number of hydrogen-bond acceptors (Lipinski definition) is 3. The van der Waals surface area contributed by atoms with E-state index in [0.717, 1.165) is 49.9 Å². The number of amides is 2. The monoisotopic (exact) mass is 431 g/mol. The number of rotatable bonds is 5. The van der Waals surface area contributed by atoms with Crippen LogP contribution in [0, 0.1) is 23.7 Å². The van der Waals surface area contributed by atoms with Crippen LogP contribution in [0.25, 0.3) is 0 Å². The highest BCUT2D eigenvalue weighted by Gasteiger charge is 2.51. The number of nitrogens with one attached hydrogen (secondary N) is 2. The van der Waals surface area contributed by atoms with Gasteiger partial charge in [0.2, 0.25) is 10.0 Å². The maximum absolute atomic E-state index is 12.9. The molecule has 6 rings (SSSR count). The van der Waals surface area contributed by atoms with Gasteiger partial charge in [-0.25, -0.2) is 13.2 Å². The van der Waals surface area contributed by atoms with E-state index in [0.29, 0.717) is 24.5 Å². The maximum atomic E-state index is 12.9. The Labute approximate surface area is 179 Å². The molecule has 1 aliphatic heterocycles. The van der Waals surface area contributed by atoms with Crippen molar-refractivity contribution in [2.45, 2.75) is 61.8 Å². The first-order valence-electron chi connectivity index (χ1n) is 11.5. The number of hydrogen-bond donors (Lipinski definition) is 2. The molecule has 0 aromatic heterocycles. The van der Waals surface area contributed by atoms with Crippen molar-refractivity contribution < 1.29 is 13.2 Å². The molecule has 0 radical (unpaired) electrons. The number of carbonyl (C=O) groups is 1. The van der Waals surface area contributed by atoms with Crippen LogP contribution in [-0.2, 0) is 10.0 Å². The Bertz CT molecular complexity index is 851. The van der Waals surface area contributed by atoms with E-state index in [4.69, 9.17) is 0 Å². The van der Waals surface area contributed by atoms with Crippen molar-refractivity contribution in [3.63, 3.8) is 0 Å². The Kier molecular flexibility index (Phi) is 5.30. The Morgan fingerprint density at radius 2 is 1.67 bits per heavy atom. The predicted octanol–water partition coefficient (Wildman–Crippen LogP) is 3.36. The van der Waals surface area contributed by atoms with Gasteiger partial charge in [-0.15, -0.1) is 0 Å². The summed E-state index contributed by atoms with van der Waals surface area (Å²) in [6.45, 7) is 1.54. The molecule has 164 valence electrons. The zero-order chi connectivity index (χ0) is 20.8. The van der Waals surface area contributed by atoms with E-state index in [1.807, 2.05) is 6.07 Å². The summed E-state index contributed by atoms with van der Waals surface area (Å²) >= 11 is 0. The van der Waals surface area contributed by atoms with Gasteiger partial charge in [-0.3, -0.25) is 0 Å². The van der Waals surface area contributed by atoms with E-state index < -0.39 is 10.0 Å². The molecule has 7 heteroatoms. The molecule has 1 aromatic carbocycles. The largest absolute Gasteiger partial charge is 0.338 e. The Hall–Kier alpha value is -1.60. The summed E-state index contributed by atoms with van der Waals surface area (Å²) in [5.41, 5.74) is 0.00802. The van der Waals surface area contributed by atoms with Gasteiger partial charge in [0.15, 0.2) is 0 Å². The molecule has 2 amide bonds. The maximum Gasteiger partial charge on any atom is 0.315 e. The van der Waals surface area contributed by atoms with Gasteiger partial charge < -0.3 is 10.6 Å². The van der Waals surface area contributed by atoms with Crippen LogP contribution < -0.4 is 10.6 Å². The fourth-order valence-corrected chi connectivity index (χ4v) is 8.51. The Morgan fingerprint density at radius 1 is 1.03 bits per heavy atom. The van der Waals surface area contributed by atoms with Gasteiger partial charge in [0.05, 0.1) is 4.90 Å². The molecule has 1 atom stereocenters. The Balaban J connectivity index is 1.15. The molecule has 1 saturated heterocycles. The third-order valence-electron chi connectivity index (χ3n) is 7.83. The third-order valence-corrected chi connectivity index (χ3v) is 9.71. The Morgan fingerprint density at radius 3 is 2.30 bits per heavy atom. The lowest BCUT2D eigenvalue weighted by Crippen LogP contribution is -2.61. The first kappa shape index (κ1) is 20.3. The smallest absolute Gasteiger partial charge is 0.315 e. The van der Waals surface area contributed by atoms with Gasteiger partial charge in [0, 0.05) is 25.2 Å². The van der Waals surface area contributed by atoms with Crippen molar-refractivity contribution in [2.75, 3.05) is 19.6 Å². The van der Waals surface area contributed by atoms with Crippen molar-refractivity contribution in [1.82, 2.24) is 14.9 Å². The summed E-state index contributed by atoms with van der Waals surface area (Å²) < 4.78 is 27.4. The van der Waals surface area contributed by atoms with E-state index in [2.05, 4.69) is 10.6 Å². The summed E-state index contributed by atoms with van der Waals surface area (Å²) in [5, 5.41) is 6.42. The molecule has 0 spiro atoms. The van der Waals surface area contributed by atoms with Crippen LogP contribution in [-0.4, -0.2) is 43.9 Å². The van der Waals surface area contributed by atoms with Gasteiger partial charge in [-0.05, 0) is 87.2 Å². The molecular weight excluding hydrogens is 398 g/mol. The van der Waals surface area contributed by atoms with Crippen molar-refractivity contribution >= 4 is 16.1 Å². The molecule has 4 saturated carbocycles. The molecule has 4 bridgehead atoms. The topological polar surface area (TPSA) is 78.5 Å². The van der Waals surface area contributed by atoms with Crippen LogP contribution in [0.1, 0.15) is 51.4 Å². The first-order chi connectivity index (χ1) is 14.4. The number of carbonyl (C=O) groups excluding carboxylic acids is 1. The van der Waals surface area contributed by atoms with Gasteiger partial charge >= 0.3 is 6.03 Å². The fourth-order valence-electron chi connectivity index (χ4n) is 6.94. The quantitative estimate of drug-likeness (QED) is 0.750. The average Bonchev–Trinajstić information content (AvgIpc) is 2.72. The van der Waals surface area contributed by atoms with Crippen molar-refractivity contribution in [3.8, 4) is 0 Å². The molecule has 2 N–H and O–H groups in total. The SMILES string of the molecule is O=C(NCC1CCCN(S(=O)(=O)c2ccccc2)C1)NC12CC3CC(CC(C3)C1)C2. The summed E-state index contributed by atoms with van der Waals surface area (Å²) in [7, 11) is -3.46. The molecular formula is C23H33N3O3S. The van der Waals surface area contributed by atoms with Crippen LogP contribution in [0.15, 0.2) is 35.2 Å². The number of nitrogens with zero attached hydrogens (tertiary/aromatic N) is 1. The molecule has 5 fully saturated rings. The van der Waals surface area contributed by atoms with Crippen molar-refractivity contribution in [1.29, 1.82) is 0 Å². The van der Waals surface area contributed by atoms with Crippen LogP contribution in [0.2, 0.25) is 0 Å². The summed E-state index contributed by atoms with van der Waals surface area (Å²) in [6, 6.07) is 8.56. The molecule has 6 nitrogen and oxygen atoms in total. The zero-order valence-corrected chi connectivity index (χ0v) is 18.4. The highest BCUT2D eigenvalue weighted by atomic mass is 32.2. The van der Waals surface area contributed by atoms with E-state index in [9.17, 15) is 13.2 Å². The summed E-state index contributed by atoms with van der Waals surface area (Å²) in [5.74, 6) is 2.55. The van der Waals surface area contributed by atoms with Crippen LogP contribution in [0.4, 0.5) is 4.79 Å². The third kappa shape index (κ3) is 3.98. The highest BCUT2D eigenvalue weighted by molar-refractivity contribution is 7.89. The molecule has 1 aromatic rings. The predicted molar refractivity (Wildman–Crippen MR) is 115 cm³/mol. The van der Waals surface area contributed by atoms with E-state index >= 15 is 0 Å². The van der Waals surface area contributed by atoms with Gasteiger partial charge in [0.1, 0.15) is 0 Å². The molecule has 5 aliphatic rings. The zero-order valence-electron chi connectivity index (χ0n) is 17.6. The fraction of sp³-hybridized carbons (Fsp3) is 0.696. The lowest BCUT2D eigenvalue weighted by molar-refractivity contribution is -0.0135. The minimum atomic E-state index is -3.46. The molecule has 4 aliphatic carbocycles. The van der Waals surface area contributed by atoms with Crippen molar-refractivity contribution in [2.24, 2.45) is 23.7 Å². The molecule has 30 heavy (non-hydrogen) atoms. The van der Waals surface area contributed by atoms with Crippen molar-refractivity contribution in [3.05, 3.63) is 30.3 Å². The second-order valence-corrected chi connectivity index (χ2v) is 12.2. The minimum absolute atomic E-state index is 0.00802. The van der Waals surface area contributed by atoms with Gasteiger partial charge in [-0.1, -0.05) is 18.2 Å². The number of benzene rings is 1. The normalized spacial score (nSPS) is 35.9. The van der Waals surface area contributed by atoms with E-state index in [1.165, 1.54) is 19.3 Å². The summed E-state index contributed by atoms with van der Waals surface area (Å²) in [4.78, 5) is 13.1. The second kappa shape index (κ2) is 7.83. The number of sulfonamides is 1. The average molecular weight is 432 g/mol. The minimum Gasteiger partial charge on any atom is -0.338 e. The van der Waals surface area contributed by atoms with Crippen LogP contribution in [0.5, 0.6) is 0 Å². The lowest BCUT2D eigenvalue weighted by Gasteiger charge is -2.56. The summed E-state index contributed by atoms with van der Waals surface area (Å²) in [6.07, 6.45) is 9.26. The van der Waals surface area contributed by atoms with Crippen LogP contribution in [0.3, 0.4) is 0 Å². The second-order valence-electron chi connectivity index (χ2n) is 10.2. The number of piperidine rings is 1. The standard InChI is InChI=1S/C23H33N3O3S/c27-22(25-23-12-18-9-19(13-23)11-20(10-18)14-23)24-15-17-5-4-8-26(16-17)30(28,29)21-6-2-1-3-7-21/h1-3,6-7,17-20H,4-5,8-16H2,(H2,24,25,27). The number of urea groups is 1. The first-order valence-corrected chi connectivity index (χ1v) is 13.0. The van der Waals surface area contributed by atoms with Gasteiger partial charge in [0.25, 0.3) is 0 Å². The van der Waals surface area contributed by atoms with Crippen LogP contribution >= 0.6 is 0 Å².